The zero-order valence-electron chi connectivity index (χ0n) is 16.2. The van der Waals surface area contributed by atoms with Crippen molar-refractivity contribution in [3.05, 3.63) is 53.7 Å². The number of anilines is 1. The van der Waals surface area contributed by atoms with Crippen molar-refractivity contribution < 1.29 is 9.21 Å². The molecule has 8 nitrogen and oxygen atoms in total. The highest BCUT2D eigenvalue weighted by Crippen LogP contribution is 2.38. The third kappa shape index (κ3) is 5.10. The van der Waals surface area contributed by atoms with Gasteiger partial charge in [-0.1, -0.05) is 18.3 Å². The molecule has 0 saturated carbocycles. The van der Waals surface area contributed by atoms with Crippen LogP contribution in [0.15, 0.2) is 45.0 Å². The van der Waals surface area contributed by atoms with Crippen LogP contribution in [0.4, 0.5) is 5.13 Å². The Morgan fingerprint density at radius 1 is 1.23 bits per heavy atom. The molecule has 0 spiro atoms. The minimum atomic E-state index is -0.162. The van der Waals surface area contributed by atoms with Crippen LogP contribution in [0.3, 0.4) is 0 Å². The van der Waals surface area contributed by atoms with Gasteiger partial charge < -0.3 is 9.73 Å². The first-order valence-electron chi connectivity index (χ1n) is 9.18. The average Bonchev–Trinajstić information content (AvgIpc) is 3.50. The first kappa shape index (κ1) is 20.6. The summed E-state index contributed by atoms with van der Waals surface area (Å²) in [5, 5.41) is 6.05. The third-order valence-electron chi connectivity index (χ3n) is 3.97. The molecule has 0 saturated heterocycles. The van der Waals surface area contributed by atoms with E-state index in [0.29, 0.717) is 22.4 Å². The van der Waals surface area contributed by atoms with Gasteiger partial charge in [0.05, 0.1) is 40.2 Å². The summed E-state index contributed by atoms with van der Waals surface area (Å²) in [6.45, 7) is 4.06. The van der Waals surface area contributed by atoms with Gasteiger partial charge in [-0.05, 0) is 6.92 Å². The highest BCUT2D eigenvalue weighted by Gasteiger charge is 2.16. The quantitative estimate of drug-likeness (QED) is 0.381. The van der Waals surface area contributed by atoms with Crippen molar-refractivity contribution in [1.29, 1.82) is 0 Å². The Balaban J connectivity index is 1.32. The number of oxazole rings is 1. The van der Waals surface area contributed by atoms with Gasteiger partial charge in [-0.15, -0.1) is 23.1 Å². The highest BCUT2D eigenvalue weighted by atomic mass is 32.2. The van der Waals surface area contributed by atoms with E-state index in [-0.39, 0.29) is 17.6 Å². The molecule has 4 heterocycles. The molecule has 0 fully saturated rings. The number of aromatic nitrogens is 5. The number of hydrogen-bond donors (Lipinski definition) is 1. The summed E-state index contributed by atoms with van der Waals surface area (Å²) < 4.78 is 6.69. The Labute approximate surface area is 185 Å². The van der Waals surface area contributed by atoms with Crippen LogP contribution in [0.25, 0.3) is 10.7 Å². The van der Waals surface area contributed by atoms with E-state index in [2.05, 4.69) is 30.2 Å². The molecular weight excluding hydrogens is 440 g/mol. The molecule has 0 aliphatic heterocycles. The van der Waals surface area contributed by atoms with Gasteiger partial charge in [-0.25, -0.2) is 15.0 Å². The van der Waals surface area contributed by atoms with Crippen LogP contribution in [0.1, 0.15) is 36.4 Å². The molecule has 0 aliphatic carbocycles. The smallest absolute Gasteiger partial charge is 0.232 e. The number of nitrogens with one attached hydrogen (secondary N) is 1. The van der Waals surface area contributed by atoms with E-state index < -0.39 is 0 Å². The summed E-state index contributed by atoms with van der Waals surface area (Å²) in [7, 11) is 0. The Morgan fingerprint density at radius 3 is 2.90 bits per heavy atom. The lowest BCUT2D eigenvalue weighted by atomic mass is 10.3. The maximum Gasteiger partial charge on any atom is 0.232 e. The van der Waals surface area contributed by atoms with Crippen molar-refractivity contribution in [3.8, 4) is 10.7 Å². The van der Waals surface area contributed by atoms with Crippen molar-refractivity contribution >= 4 is 45.5 Å². The molecule has 4 aromatic heterocycles. The molecule has 0 radical (unpaired) electrons. The normalized spacial score (nSPS) is 12.1. The zero-order chi connectivity index (χ0) is 20.9. The van der Waals surface area contributed by atoms with Crippen LogP contribution >= 0.6 is 34.4 Å². The fourth-order valence-electron chi connectivity index (χ4n) is 2.51. The lowest BCUT2D eigenvalue weighted by Crippen LogP contribution is -2.14. The number of carbonyl (C=O) groups excluding carboxylic acids is 1. The SMILES string of the molecule is CCc1cnc(C(C)Sc2cnc(NC(=O)Cc3csc(-c4cnccn4)n3)s2)o1. The number of amides is 1. The molecule has 0 bridgehead atoms. The van der Waals surface area contributed by atoms with Gasteiger partial charge in [0.2, 0.25) is 11.8 Å². The zero-order valence-corrected chi connectivity index (χ0v) is 18.7. The topological polar surface area (TPSA) is 107 Å². The predicted octanol–water partition coefficient (Wildman–Crippen LogP) is 4.64. The van der Waals surface area contributed by atoms with Crippen LogP contribution in [0.2, 0.25) is 0 Å². The van der Waals surface area contributed by atoms with Crippen molar-refractivity contribution in [3.63, 3.8) is 0 Å². The monoisotopic (exact) mass is 458 g/mol. The molecule has 1 unspecified atom stereocenters. The number of aryl methyl sites for hydroxylation is 1. The van der Waals surface area contributed by atoms with Gasteiger partial charge >= 0.3 is 0 Å². The molecular formula is C19H18N6O2S3. The van der Waals surface area contributed by atoms with Crippen LogP contribution in [-0.4, -0.2) is 30.8 Å². The molecule has 0 aromatic carbocycles. The van der Waals surface area contributed by atoms with E-state index in [1.165, 1.54) is 22.7 Å². The number of thioether (sulfide) groups is 1. The van der Waals surface area contributed by atoms with Gasteiger partial charge in [0.25, 0.3) is 0 Å². The Kier molecular flexibility index (Phi) is 6.50. The van der Waals surface area contributed by atoms with Crippen LogP contribution in [-0.2, 0) is 17.6 Å². The van der Waals surface area contributed by atoms with Crippen molar-refractivity contribution in [2.45, 2.75) is 36.1 Å². The Bertz CT molecular complexity index is 1120. The van der Waals surface area contributed by atoms with Gasteiger partial charge in [-0.3, -0.25) is 14.8 Å². The summed E-state index contributed by atoms with van der Waals surface area (Å²) in [6.07, 6.45) is 9.39. The average molecular weight is 459 g/mol. The molecule has 1 amide bonds. The van der Waals surface area contributed by atoms with E-state index >= 15 is 0 Å². The molecule has 154 valence electrons. The molecule has 1 atom stereocenters. The van der Waals surface area contributed by atoms with Gasteiger partial charge in [0.15, 0.2) is 5.13 Å². The Morgan fingerprint density at radius 2 is 2.13 bits per heavy atom. The fraction of sp³-hybridized carbons (Fsp3) is 0.263. The molecule has 30 heavy (non-hydrogen) atoms. The summed E-state index contributed by atoms with van der Waals surface area (Å²) >= 11 is 4.46. The van der Waals surface area contributed by atoms with Crippen LogP contribution in [0.5, 0.6) is 0 Å². The largest absolute Gasteiger partial charge is 0.445 e. The summed E-state index contributed by atoms with van der Waals surface area (Å²) in [5.41, 5.74) is 1.38. The van der Waals surface area contributed by atoms with Gasteiger partial charge in [0, 0.05) is 24.2 Å². The predicted molar refractivity (Wildman–Crippen MR) is 118 cm³/mol. The second-order valence-electron chi connectivity index (χ2n) is 6.22. The number of rotatable bonds is 8. The third-order valence-corrected chi connectivity index (χ3v) is 7.02. The van der Waals surface area contributed by atoms with Crippen LogP contribution in [0, 0.1) is 0 Å². The van der Waals surface area contributed by atoms with Crippen molar-refractivity contribution in [1.82, 2.24) is 24.9 Å². The number of hydrogen-bond acceptors (Lipinski definition) is 10. The van der Waals surface area contributed by atoms with E-state index in [4.69, 9.17) is 4.42 Å². The van der Waals surface area contributed by atoms with Crippen molar-refractivity contribution in [2.24, 2.45) is 0 Å². The van der Waals surface area contributed by atoms with E-state index in [1.807, 2.05) is 19.2 Å². The number of nitrogens with zero attached hydrogens (tertiary/aromatic N) is 5. The van der Waals surface area contributed by atoms with E-state index in [1.54, 1.807) is 42.7 Å². The number of carbonyl (C=O) groups is 1. The molecule has 0 aliphatic rings. The van der Waals surface area contributed by atoms with E-state index in [0.717, 1.165) is 21.4 Å². The van der Waals surface area contributed by atoms with Crippen LogP contribution < -0.4 is 5.32 Å². The molecule has 11 heteroatoms. The minimum absolute atomic E-state index is 0.0591. The molecule has 4 rings (SSSR count). The van der Waals surface area contributed by atoms with Gasteiger partial charge in [-0.2, -0.15) is 0 Å². The van der Waals surface area contributed by atoms with Crippen molar-refractivity contribution in [2.75, 3.05) is 5.32 Å². The summed E-state index contributed by atoms with van der Waals surface area (Å²) in [5.74, 6) is 1.41. The first-order chi connectivity index (χ1) is 14.6. The second kappa shape index (κ2) is 9.45. The molecule has 1 N–H and O–H groups in total. The lowest BCUT2D eigenvalue weighted by Gasteiger charge is -2.04. The first-order valence-corrected chi connectivity index (χ1v) is 11.8. The fourth-order valence-corrected chi connectivity index (χ4v) is 5.39. The molecule has 4 aromatic rings. The lowest BCUT2D eigenvalue weighted by molar-refractivity contribution is -0.115. The number of thiazole rings is 2. The standard InChI is InChI=1S/C19H18N6O2S3/c1-3-13-7-22-17(27-13)11(2)29-16-9-23-19(30-16)25-15(26)6-12-10-28-18(24-12)14-8-20-4-5-21-14/h4-5,7-11H,3,6H2,1-2H3,(H,23,25,26). The van der Waals surface area contributed by atoms with Gasteiger partial charge in [0.1, 0.15) is 16.5 Å². The maximum absolute atomic E-state index is 12.4. The maximum atomic E-state index is 12.4. The summed E-state index contributed by atoms with van der Waals surface area (Å²) in [4.78, 5) is 33.7. The second-order valence-corrected chi connectivity index (χ2v) is 9.75. The minimum Gasteiger partial charge on any atom is -0.445 e. The summed E-state index contributed by atoms with van der Waals surface area (Å²) in [6, 6.07) is 0. The Hall–Kier alpha value is -2.63. The highest BCUT2D eigenvalue weighted by molar-refractivity contribution is 8.01. The van der Waals surface area contributed by atoms with E-state index in [9.17, 15) is 4.79 Å².